The normalized spacial score (nSPS) is 10.3. The molecule has 0 aliphatic heterocycles. The van der Waals surface area contributed by atoms with Gasteiger partial charge in [-0.25, -0.2) is 0 Å². The quantitative estimate of drug-likeness (QED) is 0.711. The maximum atomic E-state index is 11.8. The molecule has 0 aliphatic carbocycles. The zero-order valence-corrected chi connectivity index (χ0v) is 12.8. The van der Waals surface area contributed by atoms with Gasteiger partial charge in [0.1, 0.15) is 6.29 Å². The Labute approximate surface area is 125 Å². The number of carbonyl (C=O) groups excluding carboxylic acids is 2. The highest BCUT2D eigenvalue weighted by Crippen LogP contribution is 2.27. The third kappa shape index (κ3) is 5.45. The van der Waals surface area contributed by atoms with E-state index in [0.717, 1.165) is 19.1 Å². The zero-order valence-electron chi connectivity index (χ0n) is 12.8. The molecule has 1 aromatic carbocycles. The van der Waals surface area contributed by atoms with Gasteiger partial charge in [-0.3, -0.25) is 9.59 Å². The van der Waals surface area contributed by atoms with Crippen molar-refractivity contribution in [1.82, 2.24) is 5.32 Å². The summed E-state index contributed by atoms with van der Waals surface area (Å²) in [6.45, 7) is 6.29. The van der Waals surface area contributed by atoms with Crippen LogP contribution in [0.4, 0.5) is 0 Å². The average molecular weight is 293 g/mol. The molecule has 0 unspecified atom stereocenters. The minimum Gasteiger partial charge on any atom is -0.490 e. The number of benzene rings is 1. The Hall–Kier alpha value is -2.04. The number of hydrogen-bond acceptors (Lipinski definition) is 4. The number of amides is 1. The molecule has 1 amide bonds. The topological polar surface area (TPSA) is 64.6 Å². The van der Waals surface area contributed by atoms with E-state index < -0.39 is 0 Å². The van der Waals surface area contributed by atoms with E-state index in [4.69, 9.17) is 9.47 Å². The summed E-state index contributed by atoms with van der Waals surface area (Å²) in [6.07, 6.45) is 2.52. The maximum Gasteiger partial charge on any atom is 0.258 e. The van der Waals surface area contributed by atoms with Gasteiger partial charge in [0.05, 0.1) is 6.61 Å². The van der Waals surface area contributed by atoms with Crippen LogP contribution in [0.15, 0.2) is 18.2 Å². The van der Waals surface area contributed by atoms with Crippen LogP contribution in [0.1, 0.15) is 44.0 Å². The number of rotatable bonds is 9. The second kappa shape index (κ2) is 9.00. The van der Waals surface area contributed by atoms with Crippen molar-refractivity contribution in [3.8, 4) is 11.5 Å². The van der Waals surface area contributed by atoms with Gasteiger partial charge in [-0.2, -0.15) is 0 Å². The number of nitrogens with one attached hydrogen (secondary N) is 1. The Kier molecular flexibility index (Phi) is 7.29. The van der Waals surface area contributed by atoms with Gasteiger partial charge < -0.3 is 14.8 Å². The van der Waals surface area contributed by atoms with Crippen molar-refractivity contribution in [2.45, 2.75) is 39.7 Å². The van der Waals surface area contributed by atoms with E-state index in [2.05, 4.69) is 5.32 Å². The molecule has 21 heavy (non-hydrogen) atoms. The molecule has 0 radical (unpaired) electrons. The fourth-order valence-electron chi connectivity index (χ4n) is 1.89. The molecule has 0 saturated carbocycles. The fraction of sp³-hybridized carbons (Fsp3) is 0.500. The Morgan fingerprint density at radius 3 is 2.48 bits per heavy atom. The summed E-state index contributed by atoms with van der Waals surface area (Å²) in [5.41, 5.74) is 0.507. The van der Waals surface area contributed by atoms with E-state index in [1.165, 1.54) is 0 Å². The summed E-state index contributed by atoms with van der Waals surface area (Å²) in [4.78, 5) is 22.6. The first-order chi connectivity index (χ1) is 10.1. The molecule has 0 heterocycles. The molecular weight excluding hydrogens is 270 g/mol. The molecule has 1 rings (SSSR count). The lowest BCUT2D eigenvalue weighted by molar-refractivity contribution is -0.123. The minimum absolute atomic E-state index is 0.0724. The van der Waals surface area contributed by atoms with E-state index in [0.29, 0.717) is 23.7 Å². The zero-order chi connectivity index (χ0) is 15.7. The Morgan fingerprint density at radius 2 is 1.90 bits per heavy atom. The highest BCUT2D eigenvalue weighted by molar-refractivity contribution is 5.78. The smallest absolute Gasteiger partial charge is 0.258 e. The summed E-state index contributed by atoms with van der Waals surface area (Å²) >= 11 is 0. The predicted octanol–water partition coefficient (Wildman–Crippen LogP) is 2.58. The maximum absolute atomic E-state index is 11.8. The van der Waals surface area contributed by atoms with Crippen LogP contribution in [0.5, 0.6) is 11.5 Å². The Bertz CT molecular complexity index is 469. The summed E-state index contributed by atoms with van der Waals surface area (Å²) in [6, 6.07) is 5.04. The molecular formula is C16H23NO4. The number of carbonyl (C=O) groups is 2. The third-order valence-electron chi connectivity index (χ3n) is 3.11. The standard InChI is InChI=1S/C16H23NO4/c1-4-13(5-2)17-16(19)11-21-14-8-7-12(10-18)9-15(14)20-6-3/h7-10,13H,4-6,11H2,1-3H3,(H,17,19). The molecule has 0 saturated heterocycles. The van der Waals surface area contributed by atoms with Crippen LogP contribution in [0.3, 0.4) is 0 Å². The van der Waals surface area contributed by atoms with Gasteiger partial charge in [0, 0.05) is 11.6 Å². The molecule has 0 atom stereocenters. The lowest BCUT2D eigenvalue weighted by Crippen LogP contribution is -2.37. The monoisotopic (exact) mass is 293 g/mol. The van der Waals surface area contributed by atoms with Crippen LogP contribution in [-0.2, 0) is 4.79 Å². The second-order valence-electron chi connectivity index (χ2n) is 4.63. The minimum atomic E-state index is -0.161. The van der Waals surface area contributed by atoms with Crippen molar-refractivity contribution < 1.29 is 19.1 Å². The lowest BCUT2D eigenvalue weighted by atomic mass is 10.2. The molecule has 0 aliphatic rings. The largest absolute Gasteiger partial charge is 0.490 e. The van der Waals surface area contributed by atoms with E-state index in [9.17, 15) is 9.59 Å². The van der Waals surface area contributed by atoms with Crippen LogP contribution in [0.2, 0.25) is 0 Å². The Morgan fingerprint density at radius 1 is 1.19 bits per heavy atom. The fourth-order valence-corrected chi connectivity index (χ4v) is 1.89. The van der Waals surface area contributed by atoms with Gasteiger partial charge in [0.2, 0.25) is 0 Å². The number of hydrogen-bond donors (Lipinski definition) is 1. The second-order valence-corrected chi connectivity index (χ2v) is 4.63. The Balaban J connectivity index is 2.65. The van der Waals surface area contributed by atoms with Gasteiger partial charge >= 0.3 is 0 Å². The van der Waals surface area contributed by atoms with Crippen LogP contribution >= 0.6 is 0 Å². The van der Waals surface area contributed by atoms with Gasteiger partial charge in [-0.1, -0.05) is 13.8 Å². The van der Waals surface area contributed by atoms with E-state index in [1.54, 1.807) is 18.2 Å². The summed E-state index contributed by atoms with van der Waals surface area (Å²) in [7, 11) is 0. The first kappa shape index (κ1) is 17.0. The highest BCUT2D eigenvalue weighted by atomic mass is 16.5. The van der Waals surface area contributed by atoms with Gasteiger partial charge in [0.25, 0.3) is 5.91 Å². The van der Waals surface area contributed by atoms with E-state index in [1.807, 2.05) is 20.8 Å². The summed E-state index contributed by atoms with van der Waals surface area (Å²) in [5.74, 6) is 0.769. The molecule has 116 valence electrons. The average Bonchev–Trinajstić information content (AvgIpc) is 2.51. The molecule has 0 spiro atoms. The molecule has 0 fully saturated rings. The predicted molar refractivity (Wildman–Crippen MR) is 81.0 cm³/mol. The van der Waals surface area contributed by atoms with Crippen LogP contribution < -0.4 is 14.8 Å². The van der Waals surface area contributed by atoms with E-state index >= 15 is 0 Å². The lowest BCUT2D eigenvalue weighted by Gasteiger charge is -2.16. The van der Waals surface area contributed by atoms with Crippen molar-refractivity contribution in [2.75, 3.05) is 13.2 Å². The number of aldehydes is 1. The summed E-state index contributed by atoms with van der Waals surface area (Å²) < 4.78 is 10.9. The van der Waals surface area contributed by atoms with Gasteiger partial charge in [-0.15, -0.1) is 0 Å². The molecule has 5 heteroatoms. The van der Waals surface area contributed by atoms with Crippen molar-refractivity contribution in [3.05, 3.63) is 23.8 Å². The van der Waals surface area contributed by atoms with Crippen LogP contribution in [0.25, 0.3) is 0 Å². The van der Waals surface area contributed by atoms with E-state index in [-0.39, 0.29) is 18.6 Å². The van der Waals surface area contributed by atoms with Crippen molar-refractivity contribution in [1.29, 1.82) is 0 Å². The van der Waals surface area contributed by atoms with Crippen molar-refractivity contribution >= 4 is 12.2 Å². The summed E-state index contributed by atoms with van der Waals surface area (Å²) in [5, 5.41) is 2.90. The molecule has 5 nitrogen and oxygen atoms in total. The first-order valence-electron chi connectivity index (χ1n) is 7.28. The molecule has 1 aromatic rings. The van der Waals surface area contributed by atoms with Gasteiger partial charge in [-0.05, 0) is 38.0 Å². The molecule has 0 bridgehead atoms. The molecule has 1 N–H and O–H groups in total. The number of ether oxygens (including phenoxy) is 2. The first-order valence-corrected chi connectivity index (χ1v) is 7.28. The van der Waals surface area contributed by atoms with Crippen molar-refractivity contribution in [3.63, 3.8) is 0 Å². The SMILES string of the molecule is CCOc1cc(C=O)ccc1OCC(=O)NC(CC)CC. The molecule has 0 aromatic heterocycles. The van der Waals surface area contributed by atoms with Crippen LogP contribution in [-0.4, -0.2) is 31.4 Å². The van der Waals surface area contributed by atoms with Crippen LogP contribution in [0, 0.1) is 0 Å². The third-order valence-corrected chi connectivity index (χ3v) is 3.11. The van der Waals surface area contributed by atoms with Crippen molar-refractivity contribution in [2.24, 2.45) is 0 Å². The highest BCUT2D eigenvalue weighted by Gasteiger charge is 2.11. The van der Waals surface area contributed by atoms with Gasteiger partial charge in [0.15, 0.2) is 18.1 Å².